The minimum atomic E-state index is -0.334. The molecule has 0 aliphatic carbocycles. The number of nitrogens with zero attached hydrogens (tertiary/aromatic N) is 1. The zero-order chi connectivity index (χ0) is 8.72. The average Bonchev–Trinajstić information content (AvgIpc) is 2.33. The average molecular weight is 277 g/mol. The van der Waals surface area contributed by atoms with Crippen LogP contribution < -0.4 is 5.73 Å². The zero-order valence-corrected chi connectivity index (χ0v) is 8.09. The Hall–Kier alpha value is -0.850. The van der Waals surface area contributed by atoms with Crippen LogP contribution in [0.15, 0.2) is 12.1 Å². The summed E-state index contributed by atoms with van der Waals surface area (Å²) in [5.41, 5.74) is 6.54. The molecule has 0 spiro atoms. The summed E-state index contributed by atoms with van der Waals surface area (Å²) < 4.78 is 13.6. The molecule has 3 nitrogen and oxygen atoms in total. The lowest BCUT2D eigenvalue weighted by atomic mass is 10.2. The van der Waals surface area contributed by atoms with Crippen LogP contribution in [0, 0.1) is 9.52 Å². The van der Waals surface area contributed by atoms with Crippen LogP contribution in [0.1, 0.15) is 0 Å². The molecule has 0 unspecified atom stereocenters. The second-order valence-electron chi connectivity index (χ2n) is 2.43. The second kappa shape index (κ2) is 2.58. The Kier molecular flexibility index (Phi) is 1.67. The number of nitrogen functional groups attached to an aromatic ring is 1. The highest BCUT2D eigenvalue weighted by molar-refractivity contribution is 14.1. The number of nitrogens with two attached hydrogens (primary N) is 1. The largest absolute Gasteiger partial charge is 0.397 e. The van der Waals surface area contributed by atoms with Gasteiger partial charge in [-0.2, -0.15) is 5.10 Å². The molecule has 2 aromatic rings. The van der Waals surface area contributed by atoms with Crippen LogP contribution >= 0.6 is 22.6 Å². The van der Waals surface area contributed by atoms with Crippen molar-refractivity contribution >= 4 is 39.2 Å². The van der Waals surface area contributed by atoms with Crippen molar-refractivity contribution < 1.29 is 4.39 Å². The van der Waals surface area contributed by atoms with Crippen LogP contribution in [0.2, 0.25) is 0 Å². The molecule has 0 radical (unpaired) electrons. The molecule has 3 N–H and O–H groups in total. The molecule has 0 bridgehead atoms. The van der Waals surface area contributed by atoms with Crippen LogP contribution in [0.5, 0.6) is 0 Å². The minimum absolute atomic E-state index is 0.334. The van der Waals surface area contributed by atoms with Crippen molar-refractivity contribution in [1.29, 1.82) is 0 Å². The molecule has 0 fully saturated rings. The third kappa shape index (κ3) is 1.04. The van der Waals surface area contributed by atoms with Gasteiger partial charge in [0.15, 0.2) is 0 Å². The number of benzene rings is 1. The van der Waals surface area contributed by atoms with Crippen molar-refractivity contribution in [2.45, 2.75) is 0 Å². The number of halogens is 2. The summed E-state index contributed by atoms with van der Waals surface area (Å²) in [6.45, 7) is 0. The minimum Gasteiger partial charge on any atom is -0.397 e. The SMILES string of the molecule is Nc1cc(F)cc2c(I)[nH]nc12. The first-order valence-corrected chi connectivity index (χ1v) is 4.35. The maximum Gasteiger partial charge on any atom is 0.126 e. The van der Waals surface area contributed by atoms with Gasteiger partial charge in [-0.15, -0.1) is 0 Å². The van der Waals surface area contributed by atoms with Crippen molar-refractivity contribution in [2.24, 2.45) is 0 Å². The van der Waals surface area contributed by atoms with E-state index in [0.717, 1.165) is 9.09 Å². The summed E-state index contributed by atoms with van der Waals surface area (Å²) in [5.74, 6) is -0.334. The number of anilines is 1. The molecular formula is C7H5FIN3. The lowest BCUT2D eigenvalue weighted by Crippen LogP contribution is -1.87. The molecule has 0 aliphatic rings. The molecule has 5 heteroatoms. The summed E-state index contributed by atoms with van der Waals surface area (Å²) in [5, 5.41) is 7.40. The van der Waals surface area contributed by atoms with E-state index in [4.69, 9.17) is 5.73 Å². The Balaban J connectivity index is 2.92. The van der Waals surface area contributed by atoms with Crippen molar-refractivity contribution in [3.8, 4) is 0 Å². The number of nitrogens with one attached hydrogen (secondary N) is 1. The fourth-order valence-corrected chi connectivity index (χ4v) is 1.61. The van der Waals surface area contributed by atoms with E-state index in [-0.39, 0.29) is 5.82 Å². The van der Waals surface area contributed by atoms with Crippen molar-refractivity contribution in [2.75, 3.05) is 5.73 Å². The summed E-state index contributed by atoms with van der Waals surface area (Å²) >= 11 is 2.05. The summed E-state index contributed by atoms with van der Waals surface area (Å²) in [6, 6.07) is 2.68. The number of aromatic amines is 1. The van der Waals surface area contributed by atoms with Crippen LogP contribution in [-0.4, -0.2) is 10.2 Å². The van der Waals surface area contributed by atoms with Gasteiger partial charge in [-0.25, -0.2) is 4.39 Å². The molecule has 0 aliphatic heterocycles. The van der Waals surface area contributed by atoms with E-state index in [0.29, 0.717) is 11.2 Å². The molecule has 12 heavy (non-hydrogen) atoms. The highest BCUT2D eigenvalue weighted by atomic mass is 127. The Morgan fingerprint density at radius 2 is 2.25 bits per heavy atom. The monoisotopic (exact) mass is 277 g/mol. The topological polar surface area (TPSA) is 54.7 Å². The number of rotatable bonds is 0. The van der Waals surface area contributed by atoms with E-state index in [1.807, 2.05) is 22.6 Å². The van der Waals surface area contributed by atoms with Crippen molar-refractivity contribution in [1.82, 2.24) is 10.2 Å². The Bertz CT molecular complexity index is 437. The van der Waals surface area contributed by atoms with Crippen LogP contribution in [0.3, 0.4) is 0 Å². The molecule has 1 heterocycles. The van der Waals surface area contributed by atoms with Crippen LogP contribution in [0.25, 0.3) is 10.9 Å². The first kappa shape index (κ1) is 7.78. The van der Waals surface area contributed by atoms with E-state index < -0.39 is 0 Å². The number of fused-ring (bicyclic) bond motifs is 1. The third-order valence-electron chi connectivity index (χ3n) is 1.61. The van der Waals surface area contributed by atoms with E-state index in [1.54, 1.807) is 0 Å². The van der Waals surface area contributed by atoms with Crippen LogP contribution in [0.4, 0.5) is 10.1 Å². The van der Waals surface area contributed by atoms with Gasteiger partial charge in [0, 0.05) is 5.39 Å². The Morgan fingerprint density at radius 3 is 3.00 bits per heavy atom. The first-order valence-electron chi connectivity index (χ1n) is 3.27. The standard InChI is InChI=1S/C7H5FIN3/c8-3-1-4-6(5(10)2-3)11-12-7(4)9/h1-2H,10H2,(H,11,12). The second-order valence-corrected chi connectivity index (χ2v) is 3.51. The molecule has 1 aromatic carbocycles. The Morgan fingerprint density at radius 1 is 1.50 bits per heavy atom. The van der Waals surface area contributed by atoms with Gasteiger partial charge in [0.25, 0.3) is 0 Å². The van der Waals surface area contributed by atoms with Gasteiger partial charge in [-0.1, -0.05) is 0 Å². The maximum atomic E-state index is 12.8. The smallest absolute Gasteiger partial charge is 0.126 e. The first-order chi connectivity index (χ1) is 5.68. The van der Waals surface area contributed by atoms with Crippen molar-refractivity contribution in [3.63, 3.8) is 0 Å². The van der Waals surface area contributed by atoms with Gasteiger partial charge in [-0.3, -0.25) is 5.10 Å². The van der Waals surface area contributed by atoms with E-state index in [9.17, 15) is 4.39 Å². The quantitative estimate of drug-likeness (QED) is 0.570. The molecule has 1 aromatic heterocycles. The highest BCUT2D eigenvalue weighted by Gasteiger charge is 2.07. The molecule has 62 valence electrons. The van der Waals surface area contributed by atoms with Gasteiger partial charge in [-0.05, 0) is 34.7 Å². The van der Waals surface area contributed by atoms with Gasteiger partial charge < -0.3 is 5.73 Å². The van der Waals surface area contributed by atoms with Gasteiger partial charge in [0.05, 0.1) is 5.69 Å². The zero-order valence-electron chi connectivity index (χ0n) is 5.94. The fourth-order valence-electron chi connectivity index (χ4n) is 1.08. The van der Waals surface area contributed by atoms with Gasteiger partial charge in [0.2, 0.25) is 0 Å². The molecule has 0 saturated carbocycles. The van der Waals surface area contributed by atoms with Crippen molar-refractivity contribution in [3.05, 3.63) is 21.7 Å². The van der Waals surface area contributed by atoms with E-state index in [2.05, 4.69) is 10.2 Å². The number of aromatic nitrogens is 2. The molecular weight excluding hydrogens is 272 g/mol. The Labute approximate surface area is 81.3 Å². The highest BCUT2D eigenvalue weighted by Crippen LogP contribution is 2.23. The lowest BCUT2D eigenvalue weighted by molar-refractivity contribution is 0.630. The van der Waals surface area contributed by atoms with Gasteiger partial charge in [0.1, 0.15) is 15.0 Å². The summed E-state index contributed by atoms with van der Waals surface area (Å²) in [4.78, 5) is 0. The number of H-pyrrole nitrogens is 1. The molecule has 0 saturated heterocycles. The van der Waals surface area contributed by atoms with Gasteiger partial charge >= 0.3 is 0 Å². The summed E-state index contributed by atoms with van der Waals surface area (Å²) in [7, 11) is 0. The molecule has 2 rings (SSSR count). The number of hydrogen-bond donors (Lipinski definition) is 2. The maximum absolute atomic E-state index is 12.8. The predicted molar refractivity (Wildman–Crippen MR) is 53.2 cm³/mol. The fraction of sp³-hybridized carbons (Fsp3) is 0. The molecule has 0 atom stereocenters. The molecule has 0 amide bonds. The summed E-state index contributed by atoms with van der Waals surface area (Å²) in [6.07, 6.45) is 0. The third-order valence-corrected chi connectivity index (χ3v) is 2.43. The van der Waals surface area contributed by atoms with E-state index in [1.165, 1.54) is 12.1 Å². The van der Waals surface area contributed by atoms with E-state index >= 15 is 0 Å². The lowest BCUT2D eigenvalue weighted by Gasteiger charge is -1.94. The number of hydrogen-bond acceptors (Lipinski definition) is 2. The van der Waals surface area contributed by atoms with Crippen LogP contribution in [-0.2, 0) is 0 Å². The predicted octanol–water partition coefficient (Wildman–Crippen LogP) is 1.89. The normalized spacial score (nSPS) is 10.8.